The molecule has 1 aromatic carbocycles. The van der Waals surface area contributed by atoms with Crippen LogP contribution in [0, 0.1) is 0 Å². The lowest BCUT2D eigenvalue weighted by Gasteiger charge is -2.09. The number of anilines is 2. The van der Waals surface area contributed by atoms with Crippen LogP contribution in [0.25, 0.3) is 11.3 Å². The van der Waals surface area contributed by atoms with E-state index in [2.05, 4.69) is 20.4 Å². The highest BCUT2D eigenvalue weighted by Gasteiger charge is 2.29. The quantitative estimate of drug-likeness (QED) is 0.687. The summed E-state index contributed by atoms with van der Waals surface area (Å²) in [5, 5.41) is 7.34. The van der Waals surface area contributed by atoms with Gasteiger partial charge in [0.2, 0.25) is 5.95 Å². The van der Waals surface area contributed by atoms with Gasteiger partial charge >= 0.3 is 6.18 Å². The Bertz CT molecular complexity index is 902. The molecule has 3 rings (SSSR count). The molecule has 0 amide bonds. The fourth-order valence-electron chi connectivity index (χ4n) is 2.57. The molecule has 0 radical (unpaired) electrons. The third-order valence-electron chi connectivity index (χ3n) is 4.00. The van der Waals surface area contributed by atoms with E-state index in [1.165, 1.54) is 12.1 Å². The first kappa shape index (κ1) is 18.7. The number of nitrogen functional groups attached to an aromatic ring is 1. The van der Waals surface area contributed by atoms with E-state index in [0.717, 1.165) is 29.8 Å². The van der Waals surface area contributed by atoms with Crippen LogP contribution in [0.1, 0.15) is 18.1 Å². The van der Waals surface area contributed by atoms with Crippen molar-refractivity contribution in [3.8, 4) is 11.3 Å². The van der Waals surface area contributed by atoms with Gasteiger partial charge in [0.1, 0.15) is 5.82 Å². The molecular formula is C18H19F3N6. The Morgan fingerprint density at radius 2 is 1.89 bits per heavy atom. The van der Waals surface area contributed by atoms with Crippen molar-refractivity contribution in [3.05, 3.63) is 53.9 Å². The second-order valence-electron chi connectivity index (χ2n) is 5.95. The van der Waals surface area contributed by atoms with Crippen LogP contribution < -0.4 is 11.1 Å². The summed E-state index contributed by atoms with van der Waals surface area (Å²) in [6.45, 7) is 3.23. The van der Waals surface area contributed by atoms with Crippen molar-refractivity contribution in [1.29, 1.82) is 0 Å². The Labute approximate surface area is 154 Å². The minimum Gasteiger partial charge on any atom is -0.370 e. The summed E-state index contributed by atoms with van der Waals surface area (Å²) in [5.74, 6) is 0.683. The molecule has 142 valence electrons. The molecule has 3 aromatic rings. The van der Waals surface area contributed by atoms with E-state index in [9.17, 15) is 13.2 Å². The maximum absolute atomic E-state index is 12.6. The molecular weight excluding hydrogens is 357 g/mol. The van der Waals surface area contributed by atoms with Gasteiger partial charge in [-0.3, -0.25) is 4.68 Å². The fourth-order valence-corrected chi connectivity index (χ4v) is 2.57. The van der Waals surface area contributed by atoms with Gasteiger partial charge in [-0.2, -0.15) is 23.3 Å². The zero-order valence-electron chi connectivity index (χ0n) is 14.7. The third-order valence-corrected chi connectivity index (χ3v) is 4.00. The Kier molecular flexibility index (Phi) is 5.29. The first-order valence-electron chi connectivity index (χ1n) is 8.42. The minimum atomic E-state index is -4.32. The largest absolute Gasteiger partial charge is 0.416 e. The molecule has 6 nitrogen and oxygen atoms in total. The lowest BCUT2D eigenvalue weighted by molar-refractivity contribution is -0.137. The summed E-state index contributed by atoms with van der Waals surface area (Å²) in [6.07, 6.45) is -0.201. The number of nitrogens with zero attached hydrogens (tertiary/aromatic N) is 4. The number of halogens is 3. The molecule has 9 heteroatoms. The molecule has 0 aliphatic rings. The van der Waals surface area contributed by atoms with Crippen molar-refractivity contribution >= 4 is 11.8 Å². The Balaban J connectivity index is 1.64. The number of nitrogens with one attached hydrogen (secondary N) is 1. The summed E-state index contributed by atoms with van der Waals surface area (Å²) in [6, 6.07) is 6.88. The number of benzene rings is 1. The van der Waals surface area contributed by atoms with Crippen LogP contribution in [0.3, 0.4) is 0 Å². The highest BCUT2D eigenvalue weighted by Crippen LogP contribution is 2.29. The Hall–Kier alpha value is -3.10. The van der Waals surface area contributed by atoms with Crippen LogP contribution in [0.4, 0.5) is 24.9 Å². The van der Waals surface area contributed by atoms with Crippen molar-refractivity contribution in [2.24, 2.45) is 0 Å². The van der Waals surface area contributed by atoms with Gasteiger partial charge in [-0.25, -0.2) is 4.98 Å². The summed E-state index contributed by atoms with van der Waals surface area (Å²) < 4.78 is 39.5. The molecule has 3 N–H and O–H groups in total. The van der Waals surface area contributed by atoms with E-state index in [-0.39, 0.29) is 5.95 Å². The van der Waals surface area contributed by atoms with Crippen LogP contribution in [0.5, 0.6) is 0 Å². The molecule has 0 spiro atoms. The first-order valence-corrected chi connectivity index (χ1v) is 8.42. The molecule has 0 unspecified atom stereocenters. The van der Waals surface area contributed by atoms with E-state index in [1.807, 2.05) is 13.1 Å². The van der Waals surface area contributed by atoms with Gasteiger partial charge in [-0.15, -0.1) is 0 Å². The predicted molar refractivity (Wildman–Crippen MR) is 97.0 cm³/mol. The van der Waals surface area contributed by atoms with Crippen molar-refractivity contribution in [1.82, 2.24) is 19.7 Å². The summed E-state index contributed by atoms with van der Waals surface area (Å²) in [5.41, 5.74) is 7.40. The molecule has 0 bridgehead atoms. The van der Waals surface area contributed by atoms with Crippen LogP contribution in [-0.4, -0.2) is 26.3 Å². The Morgan fingerprint density at radius 3 is 2.52 bits per heavy atom. The predicted octanol–water partition coefficient (Wildman–Crippen LogP) is 3.62. The minimum absolute atomic E-state index is 0.133. The van der Waals surface area contributed by atoms with Gasteiger partial charge in [0.15, 0.2) is 0 Å². The second kappa shape index (κ2) is 7.65. The van der Waals surface area contributed by atoms with Crippen molar-refractivity contribution in [3.63, 3.8) is 0 Å². The van der Waals surface area contributed by atoms with Crippen LogP contribution in [-0.2, 0) is 19.1 Å². The fraction of sp³-hybridized carbons (Fsp3) is 0.278. The molecule has 27 heavy (non-hydrogen) atoms. The maximum Gasteiger partial charge on any atom is 0.416 e. The number of aryl methyl sites for hydroxylation is 1. The van der Waals surface area contributed by atoms with Gasteiger partial charge < -0.3 is 11.1 Å². The van der Waals surface area contributed by atoms with Crippen molar-refractivity contribution < 1.29 is 13.2 Å². The molecule has 0 aliphatic heterocycles. The van der Waals surface area contributed by atoms with Gasteiger partial charge in [0.05, 0.1) is 17.5 Å². The lowest BCUT2D eigenvalue weighted by Crippen LogP contribution is -2.09. The monoisotopic (exact) mass is 376 g/mol. The number of hydrogen-bond donors (Lipinski definition) is 2. The topological polar surface area (TPSA) is 81.7 Å². The number of alkyl halides is 3. The number of aromatic nitrogens is 4. The van der Waals surface area contributed by atoms with E-state index < -0.39 is 11.7 Å². The molecule has 0 aliphatic carbocycles. The lowest BCUT2D eigenvalue weighted by atomic mass is 10.1. The molecule has 0 saturated carbocycles. The summed E-state index contributed by atoms with van der Waals surface area (Å²) in [4.78, 5) is 8.36. The van der Waals surface area contributed by atoms with Crippen LogP contribution in [0.2, 0.25) is 0 Å². The van der Waals surface area contributed by atoms with Crippen molar-refractivity contribution in [2.45, 2.75) is 26.1 Å². The smallest absolute Gasteiger partial charge is 0.370 e. The van der Waals surface area contributed by atoms with Gasteiger partial charge in [0, 0.05) is 30.9 Å². The van der Waals surface area contributed by atoms with Gasteiger partial charge in [-0.05, 0) is 31.0 Å². The molecule has 2 aromatic heterocycles. The van der Waals surface area contributed by atoms with E-state index >= 15 is 0 Å². The van der Waals surface area contributed by atoms with Gasteiger partial charge in [-0.1, -0.05) is 12.1 Å². The second-order valence-corrected chi connectivity index (χ2v) is 5.95. The zero-order chi connectivity index (χ0) is 19.4. The third kappa shape index (κ3) is 4.75. The van der Waals surface area contributed by atoms with Gasteiger partial charge in [0.25, 0.3) is 0 Å². The zero-order valence-corrected chi connectivity index (χ0v) is 14.7. The average Bonchev–Trinajstić information content (AvgIpc) is 3.10. The van der Waals surface area contributed by atoms with E-state index in [1.54, 1.807) is 16.9 Å². The Morgan fingerprint density at radius 1 is 1.15 bits per heavy atom. The van der Waals surface area contributed by atoms with Crippen LogP contribution >= 0.6 is 0 Å². The highest BCUT2D eigenvalue weighted by molar-refractivity contribution is 5.62. The highest BCUT2D eigenvalue weighted by atomic mass is 19.4. The van der Waals surface area contributed by atoms with Crippen LogP contribution in [0.15, 0.2) is 42.7 Å². The van der Waals surface area contributed by atoms with Crippen molar-refractivity contribution in [2.75, 3.05) is 17.6 Å². The number of nitrogens with two attached hydrogens (primary N) is 1. The molecule has 2 heterocycles. The molecule has 0 atom stereocenters. The van der Waals surface area contributed by atoms with E-state index in [0.29, 0.717) is 24.5 Å². The summed E-state index contributed by atoms with van der Waals surface area (Å²) in [7, 11) is 0. The standard InChI is InChI=1S/C18H19F3N6/c1-2-27-11-13(10-24-27)15-9-16(26-17(22)25-15)23-8-7-12-3-5-14(6-4-12)18(19,20)21/h3-6,9-11H,2,7-8H2,1H3,(H3,22,23,25,26). The average molecular weight is 376 g/mol. The summed E-state index contributed by atoms with van der Waals surface area (Å²) >= 11 is 0. The normalized spacial score (nSPS) is 11.6. The first-order chi connectivity index (χ1) is 12.8. The SMILES string of the molecule is CCn1cc(-c2cc(NCCc3ccc(C(F)(F)F)cc3)nc(N)n2)cn1. The molecule has 0 fully saturated rings. The number of rotatable bonds is 6. The molecule has 0 saturated heterocycles. The van der Waals surface area contributed by atoms with E-state index in [4.69, 9.17) is 5.73 Å². The maximum atomic E-state index is 12.6. The number of hydrogen-bond acceptors (Lipinski definition) is 5.